The van der Waals surface area contributed by atoms with Crippen LogP contribution >= 0.6 is 11.3 Å². The molecule has 2 aromatic heterocycles. The van der Waals surface area contributed by atoms with Gasteiger partial charge in [-0.3, -0.25) is 9.69 Å². The minimum absolute atomic E-state index is 0.152. The number of rotatable bonds is 10. The van der Waals surface area contributed by atoms with Crippen LogP contribution in [0.15, 0.2) is 34.4 Å². The van der Waals surface area contributed by atoms with Crippen molar-refractivity contribution in [2.24, 2.45) is 0 Å². The van der Waals surface area contributed by atoms with Gasteiger partial charge < -0.3 is 19.6 Å². The average Bonchev–Trinajstić information content (AvgIpc) is 3.53. The number of aliphatic hydroxyl groups excluding tert-OH is 1. The lowest BCUT2D eigenvalue weighted by atomic mass is 10.1. The summed E-state index contributed by atoms with van der Waals surface area (Å²) in [6, 6.07) is 8.02. The highest BCUT2D eigenvalue weighted by Crippen LogP contribution is 2.32. The molecule has 1 aliphatic rings. The third kappa shape index (κ3) is 5.14. The predicted molar refractivity (Wildman–Crippen MR) is 121 cm³/mol. The lowest BCUT2D eigenvalue weighted by Gasteiger charge is -2.24. The molecule has 7 nitrogen and oxygen atoms in total. The Kier molecular flexibility index (Phi) is 6.68. The minimum Gasteiger partial charge on any atom is -0.497 e. The van der Waals surface area contributed by atoms with E-state index in [9.17, 15) is 9.90 Å². The zero-order chi connectivity index (χ0) is 21.8. The van der Waals surface area contributed by atoms with Crippen LogP contribution in [0.4, 0.5) is 0 Å². The summed E-state index contributed by atoms with van der Waals surface area (Å²) in [7, 11) is 1.62. The summed E-state index contributed by atoms with van der Waals surface area (Å²) in [5.41, 5.74) is 1.66. The molecule has 1 unspecified atom stereocenters. The van der Waals surface area contributed by atoms with Crippen molar-refractivity contribution in [1.82, 2.24) is 14.9 Å². The molecule has 1 atom stereocenters. The lowest BCUT2D eigenvalue weighted by molar-refractivity contribution is 0.0237. The molecule has 0 spiro atoms. The number of aromatic amines is 1. The van der Waals surface area contributed by atoms with E-state index in [1.807, 2.05) is 29.6 Å². The number of thiophene rings is 1. The fourth-order valence-corrected chi connectivity index (χ4v) is 4.57. The Balaban J connectivity index is 1.53. The molecule has 0 amide bonds. The molecule has 0 aliphatic heterocycles. The highest BCUT2D eigenvalue weighted by Gasteiger charge is 2.31. The molecular formula is C23H25N3O4S. The summed E-state index contributed by atoms with van der Waals surface area (Å²) in [6.45, 7) is 1.28. The minimum atomic E-state index is -0.646. The number of hydrogen-bond acceptors (Lipinski definition) is 7. The van der Waals surface area contributed by atoms with Crippen LogP contribution in [0.5, 0.6) is 5.75 Å². The van der Waals surface area contributed by atoms with E-state index in [-0.39, 0.29) is 18.8 Å². The van der Waals surface area contributed by atoms with E-state index in [0.29, 0.717) is 35.2 Å². The molecule has 4 rings (SSSR count). The molecular weight excluding hydrogens is 414 g/mol. The average molecular weight is 440 g/mol. The van der Waals surface area contributed by atoms with E-state index in [4.69, 9.17) is 20.9 Å². The molecule has 0 radical (unpaired) electrons. The van der Waals surface area contributed by atoms with Crippen molar-refractivity contribution >= 4 is 21.6 Å². The number of terminal acetylenes is 1. The van der Waals surface area contributed by atoms with Crippen molar-refractivity contribution in [2.45, 2.75) is 31.5 Å². The summed E-state index contributed by atoms with van der Waals surface area (Å²) in [5, 5.41) is 12.8. The molecule has 162 valence electrons. The van der Waals surface area contributed by atoms with Crippen LogP contribution in [0.1, 0.15) is 18.7 Å². The molecule has 31 heavy (non-hydrogen) atoms. The van der Waals surface area contributed by atoms with Crippen LogP contribution in [0.3, 0.4) is 0 Å². The number of benzene rings is 1. The first-order valence-corrected chi connectivity index (χ1v) is 11.0. The maximum atomic E-state index is 12.9. The molecule has 1 fully saturated rings. The molecule has 1 aliphatic carbocycles. The maximum Gasteiger partial charge on any atom is 0.260 e. The van der Waals surface area contributed by atoms with Crippen molar-refractivity contribution in [1.29, 1.82) is 0 Å². The predicted octanol–water partition coefficient (Wildman–Crippen LogP) is 2.64. The van der Waals surface area contributed by atoms with Crippen LogP contribution < -0.4 is 10.3 Å². The zero-order valence-corrected chi connectivity index (χ0v) is 18.2. The first kappa shape index (κ1) is 21.5. The number of aliphatic hydroxyl groups is 1. The Morgan fingerprint density at radius 3 is 2.84 bits per heavy atom. The second-order valence-corrected chi connectivity index (χ2v) is 8.46. The number of hydrogen-bond donors (Lipinski definition) is 2. The Hall–Kier alpha value is -2.70. The van der Waals surface area contributed by atoms with Crippen LogP contribution in [-0.2, 0) is 11.3 Å². The van der Waals surface area contributed by atoms with E-state index >= 15 is 0 Å². The van der Waals surface area contributed by atoms with E-state index in [1.54, 1.807) is 7.11 Å². The Morgan fingerprint density at radius 2 is 2.16 bits per heavy atom. The maximum absolute atomic E-state index is 12.9. The van der Waals surface area contributed by atoms with Gasteiger partial charge in [-0.15, -0.1) is 17.8 Å². The summed E-state index contributed by atoms with van der Waals surface area (Å²) in [5.74, 6) is 3.76. The van der Waals surface area contributed by atoms with Gasteiger partial charge in [-0.2, -0.15) is 0 Å². The molecule has 1 aromatic carbocycles. The van der Waals surface area contributed by atoms with Crippen LogP contribution in [0.2, 0.25) is 0 Å². The highest BCUT2D eigenvalue weighted by molar-refractivity contribution is 7.17. The normalized spacial score (nSPS) is 14.6. The van der Waals surface area contributed by atoms with Gasteiger partial charge in [0.1, 0.15) is 23.0 Å². The van der Waals surface area contributed by atoms with Gasteiger partial charge in [-0.05, 0) is 30.5 Å². The quantitative estimate of drug-likeness (QED) is 0.373. The summed E-state index contributed by atoms with van der Waals surface area (Å²) in [4.78, 5) is 23.4. The fourth-order valence-electron chi connectivity index (χ4n) is 3.60. The Bertz CT molecular complexity index is 1130. The second kappa shape index (κ2) is 9.62. The molecule has 3 aromatic rings. The summed E-state index contributed by atoms with van der Waals surface area (Å²) < 4.78 is 10.5. The summed E-state index contributed by atoms with van der Waals surface area (Å²) in [6.07, 6.45) is 6.68. The lowest BCUT2D eigenvalue weighted by Crippen LogP contribution is -2.37. The van der Waals surface area contributed by atoms with Crippen molar-refractivity contribution in [3.05, 3.63) is 45.8 Å². The van der Waals surface area contributed by atoms with E-state index < -0.39 is 6.10 Å². The first-order valence-electron chi connectivity index (χ1n) is 10.2. The number of H-pyrrole nitrogens is 1. The smallest absolute Gasteiger partial charge is 0.260 e. The first-order chi connectivity index (χ1) is 15.1. The SMILES string of the molecule is C#CCOCC(O)CN(Cc1nc2scc(-c3ccc(OC)cc3)c2c(=O)[nH]1)C1CC1. The third-order valence-corrected chi connectivity index (χ3v) is 6.12. The molecule has 0 bridgehead atoms. The molecule has 2 heterocycles. The van der Waals surface area contributed by atoms with Gasteiger partial charge in [-0.1, -0.05) is 18.1 Å². The van der Waals surface area contributed by atoms with Gasteiger partial charge in [0.2, 0.25) is 0 Å². The third-order valence-electron chi connectivity index (χ3n) is 5.25. The number of methoxy groups -OCH3 is 1. The molecule has 8 heteroatoms. The van der Waals surface area contributed by atoms with E-state index in [1.165, 1.54) is 11.3 Å². The number of ether oxygens (including phenoxy) is 2. The number of nitrogens with zero attached hydrogens (tertiary/aromatic N) is 2. The molecule has 1 saturated carbocycles. The Morgan fingerprint density at radius 1 is 1.39 bits per heavy atom. The topological polar surface area (TPSA) is 87.7 Å². The highest BCUT2D eigenvalue weighted by atomic mass is 32.1. The molecule has 2 N–H and O–H groups in total. The van der Waals surface area contributed by atoms with Crippen LogP contribution in [0, 0.1) is 12.3 Å². The van der Waals surface area contributed by atoms with Crippen molar-refractivity contribution in [3.63, 3.8) is 0 Å². The van der Waals surface area contributed by atoms with E-state index in [2.05, 4.69) is 15.8 Å². The van der Waals surface area contributed by atoms with Crippen molar-refractivity contribution in [2.75, 3.05) is 26.9 Å². The second-order valence-electron chi connectivity index (χ2n) is 7.60. The van der Waals surface area contributed by atoms with Gasteiger partial charge in [0, 0.05) is 23.5 Å². The van der Waals surface area contributed by atoms with Gasteiger partial charge >= 0.3 is 0 Å². The largest absolute Gasteiger partial charge is 0.497 e. The Labute approximate surface area is 184 Å². The van der Waals surface area contributed by atoms with Gasteiger partial charge in [0.15, 0.2) is 0 Å². The number of aromatic nitrogens is 2. The monoisotopic (exact) mass is 439 g/mol. The standard InChI is InChI=1S/C23H25N3O4S/c1-3-10-30-13-17(27)11-26(16-6-7-16)12-20-24-22(28)21-19(14-31-23(21)25-20)15-4-8-18(29-2)9-5-15/h1,4-5,8-9,14,16-17,27H,6-7,10-13H2,2H3,(H,24,25,28). The van der Waals surface area contributed by atoms with Crippen LogP contribution in [-0.4, -0.2) is 59.0 Å². The van der Waals surface area contributed by atoms with Crippen molar-refractivity contribution in [3.8, 4) is 29.2 Å². The number of nitrogens with one attached hydrogen (secondary N) is 1. The van der Waals surface area contributed by atoms with Gasteiger partial charge in [0.05, 0.1) is 31.8 Å². The van der Waals surface area contributed by atoms with Crippen LogP contribution in [0.25, 0.3) is 21.3 Å². The zero-order valence-electron chi connectivity index (χ0n) is 17.3. The van der Waals surface area contributed by atoms with Crippen molar-refractivity contribution < 1.29 is 14.6 Å². The summed E-state index contributed by atoms with van der Waals surface area (Å²) >= 11 is 1.46. The molecule has 0 saturated heterocycles. The fraction of sp³-hybridized carbons (Fsp3) is 0.391. The van der Waals surface area contributed by atoms with Gasteiger partial charge in [-0.25, -0.2) is 4.98 Å². The van der Waals surface area contributed by atoms with E-state index in [0.717, 1.165) is 29.7 Å². The number of fused-ring (bicyclic) bond motifs is 1. The van der Waals surface area contributed by atoms with Gasteiger partial charge in [0.25, 0.3) is 5.56 Å².